The molecule has 0 bridgehead atoms. The lowest BCUT2D eigenvalue weighted by atomic mass is 10.1. The summed E-state index contributed by atoms with van der Waals surface area (Å²) in [7, 11) is 0. The molecule has 0 aliphatic carbocycles. The molecule has 1 aliphatic rings. The Morgan fingerprint density at radius 1 is 0.963 bits per heavy atom. The fraction of sp³-hybridized carbons (Fsp3) is 0.273. The normalized spacial score (nSPS) is 14.4. The van der Waals surface area contributed by atoms with Gasteiger partial charge in [0, 0.05) is 18.8 Å². The van der Waals surface area contributed by atoms with Crippen molar-refractivity contribution in [2.75, 3.05) is 13.1 Å². The molecule has 1 N–H and O–H groups in total. The highest BCUT2D eigenvalue weighted by Crippen LogP contribution is 2.16. The summed E-state index contributed by atoms with van der Waals surface area (Å²) < 4.78 is 1.81. The first-order valence-electron chi connectivity index (χ1n) is 9.46. The zero-order chi connectivity index (χ0) is 18.5. The van der Waals surface area contributed by atoms with Crippen molar-refractivity contribution in [1.29, 1.82) is 0 Å². The quantitative estimate of drug-likeness (QED) is 0.733. The molecule has 1 aliphatic heterocycles. The maximum atomic E-state index is 12.7. The fourth-order valence-electron chi connectivity index (χ4n) is 3.59. The zero-order valence-electron chi connectivity index (χ0n) is 15.3. The van der Waals surface area contributed by atoms with Crippen LogP contribution in [0.3, 0.4) is 0 Å². The van der Waals surface area contributed by atoms with Gasteiger partial charge in [0.05, 0.1) is 12.5 Å². The first kappa shape index (κ1) is 17.5. The van der Waals surface area contributed by atoms with E-state index in [0.717, 1.165) is 25.3 Å². The minimum atomic E-state index is -0.118. The maximum Gasteiger partial charge on any atom is 0.270 e. The van der Waals surface area contributed by atoms with Crippen molar-refractivity contribution in [1.82, 2.24) is 19.8 Å². The summed E-state index contributed by atoms with van der Waals surface area (Å²) in [6, 6.07) is 18.1. The van der Waals surface area contributed by atoms with E-state index in [-0.39, 0.29) is 5.91 Å². The number of likely N-dealkylation sites (tertiary alicyclic amines) is 1. The molecule has 0 saturated carbocycles. The van der Waals surface area contributed by atoms with Crippen LogP contribution in [-0.2, 0) is 13.1 Å². The van der Waals surface area contributed by atoms with E-state index in [1.807, 2.05) is 41.0 Å². The predicted molar refractivity (Wildman–Crippen MR) is 106 cm³/mol. The lowest BCUT2D eigenvalue weighted by molar-refractivity contribution is 0.0944. The van der Waals surface area contributed by atoms with Crippen LogP contribution in [0, 0.1) is 0 Å². The van der Waals surface area contributed by atoms with Gasteiger partial charge in [0.2, 0.25) is 0 Å². The summed E-state index contributed by atoms with van der Waals surface area (Å²) in [4.78, 5) is 19.4. The second kappa shape index (κ2) is 8.18. The van der Waals surface area contributed by atoms with Crippen LogP contribution in [-0.4, -0.2) is 33.4 Å². The number of rotatable bonds is 6. The van der Waals surface area contributed by atoms with Crippen molar-refractivity contribution in [3.05, 3.63) is 83.9 Å². The maximum absolute atomic E-state index is 12.7. The van der Waals surface area contributed by atoms with Gasteiger partial charge < -0.3 is 5.32 Å². The Bertz CT molecular complexity index is 897. The summed E-state index contributed by atoms with van der Waals surface area (Å²) in [5.41, 5.74) is 3.92. The molecule has 2 aromatic carbocycles. The summed E-state index contributed by atoms with van der Waals surface area (Å²) in [6.07, 6.45) is 5.84. The molecular formula is C22H24N4O. The van der Waals surface area contributed by atoms with E-state index in [4.69, 9.17) is 0 Å². The molecule has 4 rings (SSSR count). The number of imidazole rings is 1. The zero-order valence-corrected chi connectivity index (χ0v) is 15.3. The molecule has 3 aromatic rings. The molecule has 5 heteroatoms. The second-order valence-electron chi connectivity index (χ2n) is 6.92. The average molecular weight is 360 g/mol. The highest BCUT2D eigenvalue weighted by Gasteiger charge is 2.15. The van der Waals surface area contributed by atoms with Crippen LogP contribution in [0.4, 0.5) is 0 Å². The molecule has 1 amide bonds. The van der Waals surface area contributed by atoms with Gasteiger partial charge in [-0.05, 0) is 49.2 Å². The number of para-hydroxylation sites is 1. The van der Waals surface area contributed by atoms with Crippen molar-refractivity contribution in [3.8, 4) is 5.69 Å². The molecule has 1 fully saturated rings. The van der Waals surface area contributed by atoms with Gasteiger partial charge in [-0.2, -0.15) is 0 Å². The molecule has 1 saturated heterocycles. The highest BCUT2D eigenvalue weighted by atomic mass is 16.1. The first-order valence-corrected chi connectivity index (χ1v) is 9.46. The Balaban J connectivity index is 1.46. The smallest absolute Gasteiger partial charge is 0.270 e. The minimum Gasteiger partial charge on any atom is -0.347 e. The van der Waals surface area contributed by atoms with Gasteiger partial charge in [-0.15, -0.1) is 0 Å². The van der Waals surface area contributed by atoms with Crippen molar-refractivity contribution < 1.29 is 4.79 Å². The lowest BCUT2D eigenvalue weighted by Gasteiger charge is -2.18. The van der Waals surface area contributed by atoms with Crippen molar-refractivity contribution in [2.45, 2.75) is 25.9 Å². The number of hydrogen-bond acceptors (Lipinski definition) is 3. The van der Waals surface area contributed by atoms with Crippen LogP contribution < -0.4 is 5.32 Å². The molecule has 0 atom stereocenters. The Morgan fingerprint density at radius 2 is 1.67 bits per heavy atom. The Kier molecular flexibility index (Phi) is 5.30. The minimum absolute atomic E-state index is 0.118. The summed E-state index contributed by atoms with van der Waals surface area (Å²) in [5, 5.41) is 3.06. The van der Waals surface area contributed by atoms with Gasteiger partial charge in [-0.3, -0.25) is 14.3 Å². The monoisotopic (exact) mass is 360 g/mol. The number of carbonyl (C=O) groups excluding carboxylic acids is 1. The van der Waals surface area contributed by atoms with Gasteiger partial charge in [0.15, 0.2) is 0 Å². The number of amides is 1. The number of aromatic nitrogens is 2. The van der Waals surface area contributed by atoms with Crippen LogP contribution in [0.1, 0.15) is 34.5 Å². The average Bonchev–Trinajstić information content (AvgIpc) is 3.40. The van der Waals surface area contributed by atoms with Gasteiger partial charge in [-0.25, -0.2) is 4.98 Å². The molecule has 1 aromatic heterocycles. The molecular weight excluding hydrogens is 336 g/mol. The SMILES string of the molecule is O=C(NCc1ccccc1CN1CCCC1)c1cncn1-c1ccccc1. The fourth-order valence-corrected chi connectivity index (χ4v) is 3.59. The summed E-state index contributed by atoms with van der Waals surface area (Å²) in [5.74, 6) is -0.118. The molecule has 0 spiro atoms. The summed E-state index contributed by atoms with van der Waals surface area (Å²) >= 11 is 0. The first-order chi connectivity index (χ1) is 13.3. The molecule has 0 unspecified atom stereocenters. The van der Waals surface area contributed by atoms with Crippen molar-refractivity contribution in [3.63, 3.8) is 0 Å². The van der Waals surface area contributed by atoms with E-state index < -0.39 is 0 Å². The van der Waals surface area contributed by atoms with Crippen LogP contribution in [0.5, 0.6) is 0 Å². The molecule has 27 heavy (non-hydrogen) atoms. The van der Waals surface area contributed by atoms with Crippen LogP contribution in [0.15, 0.2) is 67.1 Å². The van der Waals surface area contributed by atoms with E-state index in [0.29, 0.717) is 12.2 Å². The van der Waals surface area contributed by atoms with Gasteiger partial charge >= 0.3 is 0 Å². The lowest BCUT2D eigenvalue weighted by Crippen LogP contribution is -2.26. The second-order valence-corrected chi connectivity index (χ2v) is 6.92. The molecule has 2 heterocycles. The van der Waals surface area contributed by atoms with Gasteiger partial charge in [0.1, 0.15) is 5.69 Å². The number of benzene rings is 2. The Hall–Kier alpha value is -2.92. The molecule has 5 nitrogen and oxygen atoms in total. The third-order valence-electron chi connectivity index (χ3n) is 5.06. The topological polar surface area (TPSA) is 50.2 Å². The van der Waals surface area contributed by atoms with Gasteiger partial charge in [-0.1, -0.05) is 42.5 Å². The number of carbonyl (C=O) groups is 1. The van der Waals surface area contributed by atoms with Crippen molar-refractivity contribution in [2.24, 2.45) is 0 Å². The number of hydrogen-bond donors (Lipinski definition) is 1. The summed E-state index contributed by atoms with van der Waals surface area (Å²) in [6.45, 7) is 3.80. The largest absolute Gasteiger partial charge is 0.347 e. The van der Waals surface area contributed by atoms with E-state index in [9.17, 15) is 4.79 Å². The van der Waals surface area contributed by atoms with E-state index >= 15 is 0 Å². The van der Waals surface area contributed by atoms with Crippen LogP contribution in [0.2, 0.25) is 0 Å². The molecule has 0 radical (unpaired) electrons. The van der Waals surface area contributed by atoms with Gasteiger partial charge in [0.25, 0.3) is 5.91 Å². The standard InChI is InChI=1S/C22H24N4O/c27-22(21-15-23-17-26(21)20-10-2-1-3-11-20)24-14-18-8-4-5-9-19(18)16-25-12-6-7-13-25/h1-5,8-11,15,17H,6-7,12-14,16H2,(H,24,27). The Morgan fingerprint density at radius 3 is 2.44 bits per heavy atom. The highest BCUT2D eigenvalue weighted by molar-refractivity contribution is 5.93. The molecule has 138 valence electrons. The van der Waals surface area contributed by atoms with E-state index in [1.54, 1.807) is 12.5 Å². The van der Waals surface area contributed by atoms with Crippen LogP contribution in [0.25, 0.3) is 5.69 Å². The number of nitrogens with one attached hydrogen (secondary N) is 1. The number of nitrogens with zero attached hydrogens (tertiary/aromatic N) is 3. The van der Waals surface area contributed by atoms with E-state index in [2.05, 4.69) is 33.4 Å². The van der Waals surface area contributed by atoms with Crippen LogP contribution >= 0.6 is 0 Å². The Labute approximate surface area is 159 Å². The third-order valence-corrected chi connectivity index (χ3v) is 5.06. The van der Waals surface area contributed by atoms with Crippen molar-refractivity contribution >= 4 is 5.91 Å². The predicted octanol–water partition coefficient (Wildman–Crippen LogP) is 3.40. The third kappa shape index (κ3) is 4.09. The van der Waals surface area contributed by atoms with E-state index in [1.165, 1.54) is 24.0 Å².